The number of nitrogen functional groups attached to an aromatic ring is 1. The summed E-state index contributed by atoms with van der Waals surface area (Å²) in [5, 5.41) is 9.77. The molecule has 13 nitrogen and oxygen atoms in total. The Morgan fingerprint density at radius 1 is 1.10 bits per heavy atom. The number of ether oxygens (including phenoxy) is 3. The van der Waals surface area contributed by atoms with Gasteiger partial charge in [-0.3, -0.25) is 9.59 Å². The molecular formula is C25H32N5O8P. The van der Waals surface area contributed by atoms with Crippen LogP contribution in [0.4, 0.5) is 5.82 Å². The quantitative estimate of drug-likeness (QED) is 0.154. The molecule has 0 saturated heterocycles. The number of carbonyl (C=O) groups excluding carboxylic acids is 2. The number of hydrogen-bond donors (Lipinski definition) is 1. The highest BCUT2D eigenvalue weighted by Gasteiger charge is 2.22. The third-order valence-electron chi connectivity index (χ3n) is 5.22. The van der Waals surface area contributed by atoms with Crippen LogP contribution in [0, 0.1) is 11.3 Å². The topological polar surface area (TPSA) is 170 Å². The van der Waals surface area contributed by atoms with Gasteiger partial charge in [0, 0.05) is 32.4 Å². The summed E-state index contributed by atoms with van der Waals surface area (Å²) in [6.45, 7) is 5.45. The van der Waals surface area contributed by atoms with Crippen LogP contribution >= 0.6 is 8.60 Å². The van der Waals surface area contributed by atoms with Crippen LogP contribution in [0.5, 0.6) is 0 Å². The van der Waals surface area contributed by atoms with E-state index in [9.17, 15) is 9.59 Å². The molecule has 0 saturated carbocycles. The van der Waals surface area contributed by atoms with E-state index >= 15 is 0 Å². The second-order valence-electron chi connectivity index (χ2n) is 8.16. The molecule has 0 aliphatic heterocycles. The maximum absolute atomic E-state index is 11.4. The molecule has 39 heavy (non-hydrogen) atoms. The second-order valence-corrected chi connectivity index (χ2v) is 9.38. The number of imidazole rings is 1. The average molecular weight is 562 g/mol. The van der Waals surface area contributed by atoms with Crippen LogP contribution in [-0.4, -0.2) is 65.6 Å². The molecule has 0 spiro atoms. The lowest BCUT2D eigenvalue weighted by atomic mass is 10.2. The summed E-state index contributed by atoms with van der Waals surface area (Å²) in [4.78, 5) is 31.8. The molecule has 0 bridgehead atoms. The normalized spacial score (nSPS) is 12.8. The molecule has 2 N–H and O–H groups in total. The number of fused-ring (bicyclic) bond motifs is 3. The van der Waals surface area contributed by atoms with Gasteiger partial charge in [0.2, 0.25) is 0 Å². The molecular weight excluding hydrogens is 529 g/mol. The minimum atomic E-state index is -1.93. The number of nitrogens with two attached hydrogens (primary N) is 1. The summed E-state index contributed by atoms with van der Waals surface area (Å²) in [6.07, 6.45) is -0.716. The Hall–Kier alpha value is -3.40. The van der Waals surface area contributed by atoms with Crippen molar-refractivity contribution >= 4 is 48.3 Å². The lowest BCUT2D eigenvalue weighted by molar-refractivity contribution is -0.158. The summed E-state index contributed by atoms with van der Waals surface area (Å²) >= 11 is 0. The molecule has 2 aromatic heterocycles. The number of aromatic nitrogens is 3. The average Bonchev–Trinajstić information content (AvgIpc) is 3.27. The second kappa shape index (κ2) is 15.3. The van der Waals surface area contributed by atoms with Crippen LogP contribution in [0.25, 0.3) is 21.9 Å². The van der Waals surface area contributed by atoms with E-state index in [4.69, 9.17) is 43.8 Å². The summed E-state index contributed by atoms with van der Waals surface area (Å²) in [5.74, 6) is -0.0982. The van der Waals surface area contributed by atoms with Crippen molar-refractivity contribution in [2.24, 2.45) is 0 Å². The molecule has 0 aliphatic rings. The fraction of sp³-hybridized carbons (Fsp3) is 0.480. The van der Waals surface area contributed by atoms with Gasteiger partial charge in [0.15, 0.2) is 11.9 Å². The molecule has 2 atom stereocenters. The van der Waals surface area contributed by atoms with E-state index in [-0.39, 0.29) is 39.5 Å². The van der Waals surface area contributed by atoms with Gasteiger partial charge < -0.3 is 38.1 Å². The number of anilines is 1. The van der Waals surface area contributed by atoms with Crippen LogP contribution in [-0.2, 0) is 50.5 Å². The summed E-state index contributed by atoms with van der Waals surface area (Å²) in [6, 6.07) is 9.64. The molecule has 0 amide bonds. The Balaban J connectivity index is 1.77. The number of carbonyl (C=O) groups is 2. The molecule has 14 heteroatoms. The Morgan fingerprint density at radius 2 is 1.87 bits per heavy atom. The van der Waals surface area contributed by atoms with Gasteiger partial charge in [-0.2, -0.15) is 5.26 Å². The van der Waals surface area contributed by atoms with Gasteiger partial charge in [-0.05, 0) is 13.0 Å². The number of benzene rings is 1. The van der Waals surface area contributed by atoms with Gasteiger partial charge in [0.05, 0.1) is 43.3 Å². The van der Waals surface area contributed by atoms with Crippen LogP contribution in [0.15, 0.2) is 24.3 Å². The molecule has 1 unspecified atom stereocenters. The fourth-order valence-corrected chi connectivity index (χ4v) is 4.62. The van der Waals surface area contributed by atoms with E-state index in [0.29, 0.717) is 30.3 Å². The first-order valence-corrected chi connectivity index (χ1v) is 13.4. The zero-order valence-corrected chi connectivity index (χ0v) is 23.0. The Morgan fingerprint density at radius 3 is 2.59 bits per heavy atom. The summed E-state index contributed by atoms with van der Waals surface area (Å²) < 4.78 is 35.0. The maximum Gasteiger partial charge on any atom is 0.332 e. The van der Waals surface area contributed by atoms with Crippen LogP contribution in [0.1, 0.15) is 33.0 Å². The highest BCUT2D eigenvalue weighted by molar-refractivity contribution is 7.41. The first-order chi connectivity index (χ1) is 18.8. The number of nitriles is 1. The molecule has 0 radical (unpaired) electrons. The van der Waals surface area contributed by atoms with E-state index in [2.05, 4.69) is 4.98 Å². The Bertz CT molecular complexity index is 1310. The van der Waals surface area contributed by atoms with Crippen molar-refractivity contribution in [3.05, 3.63) is 30.1 Å². The van der Waals surface area contributed by atoms with Crippen LogP contribution < -0.4 is 5.73 Å². The first kappa shape index (κ1) is 30.1. The molecule has 3 aromatic rings. The monoisotopic (exact) mass is 561 g/mol. The summed E-state index contributed by atoms with van der Waals surface area (Å²) in [5.41, 5.74) is 8.35. The molecule has 210 valence electrons. The third-order valence-corrected chi connectivity index (χ3v) is 6.36. The third kappa shape index (κ3) is 8.81. The molecule has 1 aromatic carbocycles. The Kier molecular flexibility index (Phi) is 11.8. The lowest BCUT2D eigenvalue weighted by Gasteiger charge is -2.21. The maximum atomic E-state index is 11.4. The number of pyridine rings is 1. The lowest BCUT2D eigenvalue weighted by Crippen LogP contribution is -2.28. The van der Waals surface area contributed by atoms with Crippen molar-refractivity contribution in [2.75, 3.05) is 38.8 Å². The molecule has 0 fully saturated rings. The van der Waals surface area contributed by atoms with Crippen LogP contribution in [0.2, 0.25) is 0 Å². The minimum absolute atomic E-state index is 0.0841. The van der Waals surface area contributed by atoms with Crippen molar-refractivity contribution in [3.63, 3.8) is 0 Å². The van der Waals surface area contributed by atoms with Gasteiger partial charge in [0.25, 0.3) is 0 Å². The highest BCUT2D eigenvalue weighted by Crippen LogP contribution is 2.40. The largest absolute Gasteiger partial charge is 0.462 e. The molecule has 3 rings (SSSR count). The standard InChI is InChI=1S/C25H32N5O8P/c1-4-33-16-22-29-23-24(20-8-5-6-9-21(20)28-25(23)27)30(22)11-13-36-39(35-12-7-10-26)37-15-19(38-18(3)32)14-34-17(2)31/h5-6,8-9,19H,4,7,11-16H2,1-3H3,(H2,27,28)/t19-,39?/m1/s1. The van der Waals surface area contributed by atoms with E-state index in [1.54, 1.807) is 0 Å². The van der Waals surface area contributed by atoms with Gasteiger partial charge in [0.1, 0.15) is 24.6 Å². The molecule has 0 aliphatic carbocycles. The van der Waals surface area contributed by atoms with Crippen molar-refractivity contribution in [1.29, 1.82) is 5.26 Å². The SMILES string of the molecule is CCOCc1nc2c(N)nc3ccccc3c2n1CCOP(OCCC#N)OC[C@@H](COC(C)=O)OC(C)=O. The van der Waals surface area contributed by atoms with E-state index < -0.39 is 26.6 Å². The predicted molar refractivity (Wildman–Crippen MR) is 142 cm³/mol. The van der Waals surface area contributed by atoms with Crippen molar-refractivity contribution < 1.29 is 37.4 Å². The smallest absolute Gasteiger partial charge is 0.332 e. The van der Waals surface area contributed by atoms with Crippen molar-refractivity contribution in [1.82, 2.24) is 14.5 Å². The number of esters is 2. The zero-order valence-electron chi connectivity index (χ0n) is 22.1. The highest BCUT2D eigenvalue weighted by atomic mass is 31.2. The number of nitrogens with zero attached hydrogens (tertiary/aromatic N) is 4. The Labute approximate surface area is 227 Å². The van der Waals surface area contributed by atoms with Crippen molar-refractivity contribution in [3.8, 4) is 6.07 Å². The fourth-order valence-electron chi connectivity index (χ4n) is 3.64. The number of hydrogen-bond acceptors (Lipinski definition) is 12. The van der Waals surface area contributed by atoms with Gasteiger partial charge in [-0.1, -0.05) is 18.2 Å². The minimum Gasteiger partial charge on any atom is -0.462 e. The van der Waals surface area contributed by atoms with Crippen molar-refractivity contribution in [2.45, 2.75) is 46.4 Å². The number of para-hydroxylation sites is 1. The zero-order chi connectivity index (χ0) is 28.2. The van der Waals surface area contributed by atoms with Gasteiger partial charge >= 0.3 is 20.5 Å². The predicted octanol–water partition coefficient (Wildman–Crippen LogP) is 3.39. The summed E-state index contributed by atoms with van der Waals surface area (Å²) in [7, 11) is -1.93. The van der Waals surface area contributed by atoms with Gasteiger partial charge in [-0.15, -0.1) is 0 Å². The first-order valence-electron chi connectivity index (χ1n) is 12.3. The number of rotatable bonds is 16. The van der Waals surface area contributed by atoms with E-state index in [1.165, 1.54) is 13.8 Å². The van der Waals surface area contributed by atoms with Gasteiger partial charge in [-0.25, -0.2) is 9.97 Å². The van der Waals surface area contributed by atoms with E-state index in [0.717, 1.165) is 16.4 Å². The van der Waals surface area contributed by atoms with E-state index in [1.807, 2.05) is 41.8 Å². The van der Waals surface area contributed by atoms with Crippen LogP contribution in [0.3, 0.4) is 0 Å². The molecule has 2 heterocycles.